The first-order chi connectivity index (χ1) is 10.0. The van der Waals surface area contributed by atoms with E-state index >= 15 is 0 Å². The van der Waals surface area contributed by atoms with Crippen molar-refractivity contribution in [3.05, 3.63) is 46.2 Å². The Balaban J connectivity index is 2.34. The lowest BCUT2D eigenvalue weighted by molar-refractivity contribution is 0.161. The van der Waals surface area contributed by atoms with Gasteiger partial charge in [-0.3, -0.25) is 0 Å². The third kappa shape index (κ3) is 2.43. The molecule has 4 heteroatoms. The summed E-state index contributed by atoms with van der Waals surface area (Å²) in [4.78, 5) is 4.70. The van der Waals surface area contributed by atoms with Crippen molar-refractivity contribution in [2.24, 2.45) is 0 Å². The van der Waals surface area contributed by atoms with E-state index in [0.29, 0.717) is 4.64 Å². The van der Waals surface area contributed by atoms with Crippen LogP contribution in [0.2, 0.25) is 0 Å². The molecule has 21 heavy (non-hydrogen) atoms. The third-order valence-corrected chi connectivity index (χ3v) is 4.50. The number of fused-ring (bicyclic) bond motifs is 1. The second kappa shape index (κ2) is 5.35. The van der Waals surface area contributed by atoms with E-state index in [9.17, 15) is 5.11 Å². The quantitative estimate of drug-likeness (QED) is 0.882. The predicted molar refractivity (Wildman–Crippen MR) is 86.9 cm³/mol. The van der Waals surface area contributed by atoms with Gasteiger partial charge in [-0.25, -0.2) is 4.98 Å². The van der Waals surface area contributed by atoms with Crippen molar-refractivity contribution in [3.63, 3.8) is 0 Å². The fraction of sp³-hybridized carbons (Fsp3) is 0.412. The van der Waals surface area contributed by atoms with Crippen LogP contribution in [0.1, 0.15) is 31.5 Å². The van der Waals surface area contributed by atoms with Crippen LogP contribution in [-0.2, 0) is 18.4 Å². The Morgan fingerprint density at radius 2 is 1.95 bits per heavy atom. The first-order valence-corrected chi connectivity index (χ1v) is 7.77. The van der Waals surface area contributed by atoms with Gasteiger partial charge in [0.2, 0.25) is 0 Å². The molecule has 1 N–H and O–H groups in total. The van der Waals surface area contributed by atoms with Crippen LogP contribution in [0.4, 0.5) is 0 Å². The molecule has 3 rings (SSSR count). The highest BCUT2D eigenvalue weighted by atomic mass is 32.1. The van der Waals surface area contributed by atoms with Gasteiger partial charge in [0, 0.05) is 16.8 Å². The van der Waals surface area contributed by atoms with Crippen LogP contribution in [0.3, 0.4) is 0 Å². The van der Waals surface area contributed by atoms with Crippen molar-refractivity contribution in [3.8, 4) is 11.4 Å². The zero-order valence-electron chi connectivity index (χ0n) is 12.5. The zero-order valence-corrected chi connectivity index (χ0v) is 13.3. The third-order valence-electron chi connectivity index (χ3n) is 4.16. The highest BCUT2D eigenvalue weighted by Gasteiger charge is 2.29. The Kier molecular flexibility index (Phi) is 3.68. The summed E-state index contributed by atoms with van der Waals surface area (Å²) < 4.78 is 2.91. The molecule has 3 nitrogen and oxygen atoms in total. The molecule has 1 heterocycles. The SMILES string of the molecule is CC(C)(CO)n1c(-c2ccccc2)nc(=S)c2c1CCC2. The molecule has 0 spiro atoms. The van der Waals surface area contributed by atoms with Gasteiger partial charge in [0.25, 0.3) is 0 Å². The van der Waals surface area contributed by atoms with Crippen molar-refractivity contribution >= 4 is 12.2 Å². The highest BCUT2D eigenvalue weighted by molar-refractivity contribution is 7.71. The molecule has 0 radical (unpaired) electrons. The summed E-state index contributed by atoms with van der Waals surface area (Å²) in [5.41, 5.74) is 3.08. The van der Waals surface area contributed by atoms with E-state index in [0.717, 1.165) is 30.7 Å². The topological polar surface area (TPSA) is 38.0 Å². The molecule has 0 bridgehead atoms. The standard InChI is InChI=1S/C17H20N2OS/c1-17(2,11-20)19-14-10-6-9-13(14)16(21)18-15(19)12-7-4-3-5-8-12/h3-5,7-8,20H,6,9-11H2,1-2H3. The van der Waals surface area contributed by atoms with Crippen LogP contribution in [0.5, 0.6) is 0 Å². The number of aliphatic hydroxyl groups is 1. The van der Waals surface area contributed by atoms with E-state index in [1.807, 2.05) is 44.2 Å². The maximum Gasteiger partial charge on any atom is 0.142 e. The Bertz CT molecular complexity index is 720. The Hall–Kier alpha value is -1.52. The van der Waals surface area contributed by atoms with Crippen molar-refractivity contribution in [1.82, 2.24) is 9.55 Å². The van der Waals surface area contributed by atoms with Gasteiger partial charge in [-0.05, 0) is 33.1 Å². The van der Waals surface area contributed by atoms with Gasteiger partial charge in [-0.1, -0.05) is 42.5 Å². The maximum atomic E-state index is 9.84. The van der Waals surface area contributed by atoms with Gasteiger partial charge in [0.05, 0.1) is 12.1 Å². The Morgan fingerprint density at radius 1 is 1.24 bits per heavy atom. The summed E-state index contributed by atoms with van der Waals surface area (Å²) in [7, 11) is 0. The number of nitrogens with zero attached hydrogens (tertiary/aromatic N) is 2. The summed E-state index contributed by atoms with van der Waals surface area (Å²) in [6, 6.07) is 10.1. The van der Waals surface area contributed by atoms with Gasteiger partial charge in [-0.15, -0.1) is 0 Å². The molecular weight excluding hydrogens is 280 g/mol. The van der Waals surface area contributed by atoms with Crippen LogP contribution in [-0.4, -0.2) is 21.3 Å². The van der Waals surface area contributed by atoms with Gasteiger partial charge in [-0.2, -0.15) is 0 Å². The van der Waals surface area contributed by atoms with Crippen molar-refractivity contribution in [2.45, 2.75) is 38.6 Å². The van der Waals surface area contributed by atoms with E-state index in [1.54, 1.807) is 0 Å². The molecule has 2 aromatic rings. The van der Waals surface area contributed by atoms with Crippen molar-refractivity contribution in [1.29, 1.82) is 0 Å². The molecule has 110 valence electrons. The zero-order chi connectivity index (χ0) is 15.0. The summed E-state index contributed by atoms with van der Waals surface area (Å²) >= 11 is 5.50. The molecule has 0 atom stereocenters. The van der Waals surface area contributed by atoms with Crippen LogP contribution < -0.4 is 0 Å². The van der Waals surface area contributed by atoms with Gasteiger partial charge >= 0.3 is 0 Å². The monoisotopic (exact) mass is 300 g/mol. The Morgan fingerprint density at radius 3 is 2.62 bits per heavy atom. The number of hydrogen-bond donors (Lipinski definition) is 1. The number of aromatic nitrogens is 2. The summed E-state index contributed by atoms with van der Waals surface area (Å²) in [5, 5.41) is 9.84. The molecule has 0 saturated heterocycles. The number of benzene rings is 1. The minimum Gasteiger partial charge on any atom is -0.394 e. The van der Waals surface area contributed by atoms with Gasteiger partial charge < -0.3 is 9.67 Å². The first-order valence-electron chi connectivity index (χ1n) is 7.36. The normalized spacial score (nSPS) is 14.2. The summed E-state index contributed by atoms with van der Waals surface area (Å²) in [6.07, 6.45) is 3.11. The molecule has 0 fully saturated rings. The average Bonchev–Trinajstić information content (AvgIpc) is 2.97. The lowest BCUT2D eigenvalue weighted by Crippen LogP contribution is -2.34. The molecule has 1 aliphatic rings. The molecule has 0 saturated carbocycles. The van der Waals surface area contributed by atoms with Gasteiger partial charge in [0.1, 0.15) is 10.5 Å². The number of hydrogen-bond acceptors (Lipinski definition) is 3. The lowest BCUT2D eigenvalue weighted by atomic mass is 10.0. The number of rotatable bonds is 3. The van der Waals surface area contributed by atoms with Crippen molar-refractivity contribution in [2.75, 3.05) is 6.61 Å². The minimum absolute atomic E-state index is 0.0718. The highest BCUT2D eigenvalue weighted by Crippen LogP contribution is 2.32. The fourth-order valence-electron chi connectivity index (χ4n) is 3.05. The predicted octanol–water partition coefficient (Wildman–Crippen LogP) is 3.50. The Labute approximate surface area is 130 Å². The molecular formula is C17H20N2OS. The van der Waals surface area contributed by atoms with Crippen LogP contribution in [0.25, 0.3) is 11.4 Å². The van der Waals surface area contributed by atoms with E-state index in [1.165, 1.54) is 11.3 Å². The van der Waals surface area contributed by atoms with E-state index in [4.69, 9.17) is 17.2 Å². The van der Waals surface area contributed by atoms with E-state index in [-0.39, 0.29) is 6.61 Å². The van der Waals surface area contributed by atoms with E-state index < -0.39 is 5.54 Å². The summed E-state index contributed by atoms with van der Waals surface area (Å²) in [6.45, 7) is 4.16. The largest absolute Gasteiger partial charge is 0.394 e. The second-order valence-electron chi connectivity index (χ2n) is 6.19. The maximum absolute atomic E-state index is 9.84. The number of aliphatic hydroxyl groups excluding tert-OH is 1. The minimum atomic E-state index is -0.393. The van der Waals surface area contributed by atoms with Gasteiger partial charge in [0.15, 0.2) is 0 Å². The summed E-state index contributed by atoms with van der Waals surface area (Å²) in [5.74, 6) is 0.861. The van der Waals surface area contributed by atoms with Crippen LogP contribution in [0.15, 0.2) is 30.3 Å². The van der Waals surface area contributed by atoms with Crippen LogP contribution >= 0.6 is 12.2 Å². The molecule has 0 amide bonds. The van der Waals surface area contributed by atoms with Crippen molar-refractivity contribution < 1.29 is 5.11 Å². The average molecular weight is 300 g/mol. The molecule has 1 aromatic carbocycles. The molecule has 0 unspecified atom stereocenters. The molecule has 0 aliphatic heterocycles. The lowest BCUT2D eigenvalue weighted by Gasteiger charge is -2.32. The van der Waals surface area contributed by atoms with E-state index in [2.05, 4.69) is 4.57 Å². The second-order valence-corrected chi connectivity index (χ2v) is 6.58. The fourth-order valence-corrected chi connectivity index (χ4v) is 3.36. The smallest absolute Gasteiger partial charge is 0.142 e. The first kappa shape index (κ1) is 14.4. The molecule has 1 aromatic heterocycles. The van der Waals surface area contributed by atoms with Crippen LogP contribution in [0, 0.1) is 4.64 Å². The molecule has 1 aliphatic carbocycles.